The molecule has 29 heavy (non-hydrogen) atoms. The Bertz CT molecular complexity index is 894. The second kappa shape index (κ2) is 10.6. The van der Waals surface area contributed by atoms with Gasteiger partial charge in [-0.1, -0.05) is 13.2 Å². The van der Waals surface area contributed by atoms with E-state index in [1.165, 1.54) is 0 Å². The Labute approximate surface area is 163 Å². The highest BCUT2D eigenvalue weighted by Gasteiger charge is 2.36. The summed E-state index contributed by atoms with van der Waals surface area (Å²) >= 11 is 0. The fraction of sp³-hybridized carbons (Fsp3) is 0.412. The van der Waals surface area contributed by atoms with Crippen LogP contribution < -0.4 is 17.1 Å². The number of hydrogen-bond acceptors (Lipinski definition) is 9. The first kappa shape index (κ1) is 23.3. The van der Waals surface area contributed by atoms with E-state index in [-0.39, 0.29) is 26.1 Å². The quantitative estimate of drug-likeness (QED) is 0.257. The van der Waals surface area contributed by atoms with E-state index in [0.717, 1.165) is 19.1 Å². The van der Waals surface area contributed by atoms with Crippen molar-refractivity contribution in [2.75, 3.05) is 13.2 Å². The normalized spacial score (nSPS) is 10.7. The lowest BCUT2D eigenvalue weighted by molar-refractivity contribution is -0.165. The topological polar surface area (TPSA) is 167 Å². The van der Waals surface area contributed by atoms with Crippen LogP contribution in [-0.4, -0.2) is 51.3 Å². The maximum absolute atomic E-state index is 12.0. The molecule has 1 aromatic rings. The number of nitrogens with one attached hydrogen (secondary N) is 2. The lowest BCUT2D eigenvalue weighted by atomic mass is 9.95. The van der Waals surface area contributed by atoms with E-state index in [2.05, 4.69) is 13.2 Å². The molecule has 0 saturated carbocycles. The maximum atomic E-state index is 12.0. The Morgan fingerprint density at radius 1 is 0.966 bits per heavy atom. The van der Waals surface area contributed by atoms with E-state index >= 15 is 0 Å². The SMILES string of the molecule is C=CC(=O)OCCC(CCOC(=O)C=C)(Cn1c(=O)[nH]c(=O)[nH]c1=O)OC(C)=O. The number of carbonyl (C=O) groups is 3. The summed E-state index contributed by atoms with van der Waals surface area (Å²) in [7, 11) is 0. The van der Waals surface area contributed by atoms with Crippen molar-refractivity contribution >= 4 is 17.9 Å². The van der Waals surface area contributed by atoms with Crippen LogP contribution in [0.2, 0.25) is 0 Å². The first-order chi connectivity index (χ1) is 13.6. The number of hydrogen-bond donors (Lipinski definition) is 2. The first-order valence-corrected chi connectivity index (χ1v) is 8.34. The number of rotatable bonds is 11. The molecule has 0 aliphatic carbocycles. The molecular formula is C17H21N3O9. The molecule has 0 aliphatic heterocycles. The lowest BCUT2D eigenvalue weighted by Crippen LogP contribution is -2.51. The van der Waals surface area contributed by atoms with Gasteiger partial charge >= 0.3 is 35.0 Å². The summed E-state index contributed by atoms with van der Waals surface area (Å²) < 4.78 is 15.7. The molecule has 0 bridgehead atoms. The van der Waals surface area contributed by atoms with Gasteiger partial charge in [-0.05, 0) is 0 Å². The fourth-order valence-corrected chi connectivity index (χ4v) is 2.40. The molecule has 1 heterocycles. The predicted octanol–water partition coefficient (Wildman–Crippen LogP) is -1.23. The van der Waals surface area contributed by atoms with E-state index < -0.39 is 47.1 Å². The summed E-state index contributed by atoms with van der Waals surface area (Å²) in [5, 5.41) is 0. The largest absolute Gasteiger partial charge is 0.462 e. The van der Waals surface area contributed by atoms with Crippen molar-refractivity contribution < 1.29 is 28.6 Å². The highest BCUT2D eigenvalue weighted by atomic mass is 16.6. The fourth-order valence-electron chi connectivity index (χ4n) is 2.40. The van der Waals surface area contributed by atoms with Crippen LogP contribution in [0.3, 0.4) is 0 Å². The Kier molecular flexibility index (Phi) is 8.52. The molecule has 0 aliphatic rings. The molecule has 0 saturated heterocycles. The zero-order valence-corrected chi connectivity index (χ0v) is 15.7. The van der Waals surface area contributed by atoms with Gasteiger partial charge in [-0.25, -0.2) is 28.5 Å². The highest BCUT2D eigenvalue weighted by Crippen LogP contribution is 2.24. The Hall–Kier alpha value is -3.70. The van der Waals surface area contributed by atoms with E-state index in [9.17, 15) is 28.8 Å². The average Bonchev–Trinajstić information content (AvgIpc) is 2.63. The minimum Gasteiger partial charge on any atom is -0.462 e. The van der Waals surface area contributed by atoms with Gasteiger partial charge in [0, 0.05) is 31.9 Å². The third kappa shape index (κ3) is 7.44. The van der Waals surface area contributed by atoms with Crippen molar-refractivity contribution in [3.05, 3.63) is 56.8 Å². The van der Waals surface area contributed by atoms with E-state index in [4.69, 9.17) is 14.2 Å². The van der Waals surface area contributed by atoms with Gasteiger partial charge in [-0.15, -0.1) is 0 Å². The molecule has 158 valence electrons. The molecule has 0 spiro atoms. The Morgan fingerprint density at radius 2 is 1.41 bits per heavy atom. The monoisotopic (exact) mass is 411 g/mol. The molecule has 0 radical (unpaired) electrons. The van der Waals surface area contributed by atoms with Gasteiger partial charge in [-0.2, -0.15) is 0 Å². The molecule has 0 aromatic carbocycles. The van der Waals surface area contributed by atoms with Crippen LogP contribution in [0, 0.1) is 0 Å². The van der Waals surface area contributed by atoms with Gasteiger partial charge in [0.15, 0.2) is 0 Å². The van der Waals surface area contributed by atoms with Gasteiger partial charge in [0.1, 0.15) is 5.60 Å². The number of H-pyrrole nitrogens is 2. The highest BCUT2D eigenvalue weighted by molar-refractivity contribution is 5.81. The number of carbonyl (C=O) groups excluding carboxylic acids is 3. The van der Waals surface area contributed by atoms with Crippen molar-refractivity contribution in [2.45, 2.75) is 31.9 Å². The molecular weight excluding hydrogens is 390 g/mol. The van der Waals surface area contributed by atoms with Crippen LogP contribution in [0.5, 0.6) is 0 Å². The molecule has 12 nitrogen and oxygen atoms in total. The molecule has 0 atom stereocenters. The summed E-state index contributed by atoms with van der Waals surface area (Å²) in [6.45, 7) is 6.57. The Balaban J connectivity index is 3.25. The molecule has 0 amide bonds. The standard InChI is InChI=1S/C17H21N3O9/c1-4-12(22)27-8-6-17(29-11(3)21,7-9-28-13(23)5-2)10-20-15(25)18-14(24)19-16(20)26/h4-5H,1-2,6-10H2,3H3,(H2,18,19,24,25,26). The zero-order chi connectivity index (χ0) is 22.0. The molecule has 1 rings (SSSR count). The molecule has 2 N–H and O–H groups in total. The second-order valence-corrected chi connectivity index (χ2v) is 5.80. The number of nitrogens with zero attached hydrogens (tertiary/aromatic N) is 1. The third-order valence-corrected chi connectivity index (χ3v) is 3.68. The minimum absolute atomic E-state index is 0.150. The third-order valence-electron chi connectivity index (χ3n) is 3.68. The van der Waals surface area contributed by atoms with Crippen LogP contribution in [0.4, 0.5) is 0 Å². The second-order valence-electron chi connectivity index (χ2n) is 5.80. The maximum Gasteiger partial charge on any atom is 0.333 e. The van der Waals surface area contributed by atoms with Crippen LogP contribution in [0.1, 0.15) is 19.8 Å². The van der Waals surface area contributed by atoms with Crippen LogP contribution in [0.15, 0.2) is 39.7 Å². The molecule has 0 unspecified atom stereocenters. The van der Waals surface area contributed by atoms with Crippen LogP contribution in [-0.2, 0) is 35.1 Å². The van der Waals surface area contributed by atoms with Gasteiger partial charge in [-0.3, -0.25) is 14.8 Å². The van der Waals surface area contributed by atoms with Gasteiger partial charge in [0.25, 0.3) is 0 Å². The van der Waals surface area contributed by atoms with E-state index in [1.807, 2.05) is 9.97 Å². The smallest absolute Gasteiger partial charge is 0.333 e. The molecule has 1 aromatic heterocycles. The van der Waals surface area contributed by atoms with Crippen molar-refractivity contribution in [3.63, 3.8) is 0 Å². The Morgan fingerprint density at radius 3 is 1.79 bits per heavy atom. The van der Waals surface area contributed by atoms with E-state index in [0.29, 0.717) is 4.57 Å². The summed E-state index contributed by atoms with van der Waals surface area (Å²) in [5.41, 5.74) is -4.67. The van der Waals surface area contributed by atoms with E-state index in [1.54, 1.807) is 0 Å². The van der Waals surface area contributed by atoms with Crippen LogP contribution in [0.25, 0.3) is 0 Å². The summed E-state index contributed by atoms with van der Waals surface area (Å²) in [4.78, 5) is 73.3. The van der Waals surface area contributed by atoms with Crippen molar-refractivity contribution in [3.8, 4) is 0 Å². The van der Waals surface area contributed by atoms with Gasteiger partial charge in [0.2, 0.25) is 0 Å². The number of aromatic amines is 2. The van der Waals surface area contributed by atoms with Crippen molar-refractivity contribution in [1.82, 2.24) is 14.5 Å². The summed E-state index contributed by atoms with van der Waals surface area (Å²) in [5.74, 6) is -2.23. The van der Waals surface area contributed by atoms with Crippen molar-refractivity contribution in [2.24, 2.45) is 0 Å². The minimum atomic E-state index is -1.58. The lowest BCUT2D eigenvalue weighted by Gasteiger charge is -2.33. The summed E-state index contributed by atoms with van der Waals surface area (Å²) in [6, 6.07) is 0. The van der Waals surface area contributed by atoms with Crippen LogP contribution >= 0.6 is 0 Å². The number of esters is 3. The average molecular weight is 411 g/mol. The zero-order valence-electron chi connectivity index (χ0n) is 15.7. The molecule has 0 fully saturated rings. The van der Waals surface area contributed by atoms with Gasteiger partial charge < -0.3 is 14.2 Å². The number of ether oxygens (including phenoxy) is 3. The summed E-state index contributed by atoms with van der Waals surface area (Å²) in [6.07, 6.45) is 1.55. The van der Waals surface area contributed by atoms with Crippen molar-refractivity contribution in [1.29, 1.82) is 0 Å². The number of aromatic nitrogens is 3. The van der Waals surface area contributed by atoms with Gasteiger partial charge in [0.05, 0.1) is 19.8 Å². The molecule has 12 heteroatoms. The predicted molar refractivity (Wildman–Crippen MR) is 98.0 cm³/mol. The first-order valence-electron chi connectivity index (χ1n) is 8.34.